The average molecular weight is 354 g/mol. The van der Waals surface area contributed by atoms with Gasteiger partial charge in [-0.05, 0) is 0 Å². The normalized spacial score (nSPS) is 22.5. The molecular weight excluding hydrogens is 327 g/mol. The van der Waals surface area contributed by atoms with Crippen molar-refractivity contribution in [3.8, 4) is 0 Å². The summed E-state index contributed by atoms with van der Waals surface area (Å²) >= 11 is 2.46. The Labute approximate surface area is 168 Å². The average Bonchev–Trinajstić information content (AvgIpc) is 3.29. The number of fused-ring (bicyclic) bond motifs is 1. The van der Waals surface area contributed by atoms with Crippen molar-refractivity contribution in [2.24, 2.45) is 0 Å². The Morgan fingerprint density at radius 1 is 1.00 bits per heavy atom. The quantitative estimate of drug-likeness (QED) is 0.816. The van der Waals surface area contributed by atoms with Crippen molar-refractivity contribution in [2.75, 3.05) is 13.1 Å². The van der Waals surface area contributed by atoms with Gasteiger partial charge in [0.15, 0.2) is 0 Å². The number of hydrogen-bond acceptors (Lipinski definition) is 2. The number of hydrogen-bond donors (Lipinski definition) is 1. The molecule has 130 valence electrons. The SMILES string of the molecule is [Li][C]1([Si](C)(C)NCc2ccccc2)C=C(N2CCCC2)c2ccccc21. The van der Waals surface area contributed by atoms with Crippen LogP contribution in [0.1, 0.15) is 29.5 Å². The molecule has 2 aliphatic rings. The van der Waals surface area contributed by atoms with Crippen LogP contribution in [-0.2, 0) is 10.3 Å². The van der Waals surface area contributed by atoms with Crippen LogP contribution in [0.2, 0.25) is 13.1 Å². The Morgan fingerprint density at radius 2 is 1.65 bits per heavy atom. The van der Waals surface area contributed by atoms with E-state index in [0.717, 1.165) is 6.54 Å². The van der Waals surface area contributed by atoms with E-state index < -0.39 is 8.24 Å². The Hall–Kier alpha value is -1.25. The molecule has 0 aromatic heterocycles. The van der Waals surface area contributed by atoms with E-state index in [1.54, 1.807) is 0 Å². The number of benzene rings is 2. The minimum absolute atomic E-state index is 0.107. The number of nitrogens with zero attached hydrogens (tertiary/aromatic N) is 1. The van der Waals surface area contributed by atoms with E-state index in [4.69, 9.17) is 0 Å². The summed E-state index contributed by atoms with van der Waals surface area (Å²) in [6.07, 6.45) is 5.24. The van der Waals surface area contributed by atoms with Gasteiger partial charge < -0.3 is 0 Å². The zero-order valence-electron chi connectivity index (χ0n) is 16.3. The van der Waals surface area contributed by atoms with Gasteiger partial charge in [0.1, 0.15) is 0 Å². The van der Waals surface area contributed by atoms with Gasteiger partial charge in [0, 0.05) is 0 Å². The first kappa shape index (κ1) is 18.1. The number of nitrogens with one attached hydrogen (secondary N) is 1. The standard InChI is InChI=1S/C22H27N2Si.Li/c1-25(2,23-17-18-10-4-3-5-11-18)22-16-21(24-14-8-9-15-24)19-12-6-7-13-20(19)22;/h3-7,10-13,16,23H,8-9,14-15,17H2,1-2H3;. The molecule has 1 saturated heterocycles. The molecule has 1 atom stereocenters. The van der Waals surface area contributed by atoms with Crippen molar-refractivity contribution >= 4 is 31.6 Å². The van der Waals surface area contributed by atoms with Crippen molar-refractivity contribution in [3.05, 3.63) is 77.4 Å². The summed E-state index contributed by atoms with van der Waals surface area (Å²) in [5.41, 5.74) is 5.81. The Morgan fingerprint density at radius 3 is 2.38 bits per heavy atom. The van der Waals surface area contributed by atoms with Crippen molar-refractivity contribution in [1.82, 2.24) is 9.88 Å². The molecule has 0 saturated carbocycles. The van der Waals surface area contributed by atoms with Gasteiger partial charge in [0.2, 0.25) is 0 Å². The molecule has 1 unspecified atom stereocenters. The molecule has 2 aromatic carbocycles. The van der Waals surface area contributed by atoms with E-state index in [9.17, 15) is 0 Å². The van der Waals surface area contributed by atoms with Gasteiger partial charge in [0.05, 0.1) is 0 Å². The Kier molecular flexibility index (Phi) is 4.92. The van der Waals surface area contributed by atoms with Gasteiger partial charge in [-0.1, -0.05) is 0 Å². The molecule has 4 rings (SSSR count). The molecule has 1 aliphatic carbocycles. The van der Waals surface area contributed by atoms with E-state index in [0.29, 0.717) is 0 Å². The summed E-state index contributed by atoms with van der Waals surface area (Å²) in [5, 5.41) is 0. The van der Waals surface area contributed by atoms with E-state index in [1.165, 1.54) is 48.3 Å². The molecule has 1 aliphatic heterocycles. The van der Waals surface area contributed by atoms with Crippen LogP contribution in [0.3, 0.4) is 0 Å². The number of likely N-dealkylation sites (tertiary alicyclic amines) is 1. The van der Waals surface area contributed by atoms with Crippen molar-refractivity contribution < 1.29 is 0 Å². The third-order valence-electron chi connectivity index (χ3n) is 6.51. The number of rotatable bonds is 5. The fourth-order valence-electron chi connectivity index (χ4n) is 4.43. The molecule has 1 N–H and O–H groups in total. The predicted molar refractivity (Wildman–Crippen MR) is 113 cm³/mol. The molecular formula is C22H27LiN2Si. The monoisotopic (exact) mass is 354 g/mol. The molecule has 26 heavy (non-hydrogen) atoms. The van der Waals surface area contributed by atoms with Gasteiger partial charge >= 0.3 is 168 Å². The first-order valence-corrected chi connectivity index (χ1v) is 12.9. The van der Waals surface area contributed by atoms with E-state index in [2.05, 4.69) is 101 Å². The van der Waals surface area contributed by atoms with Crippen LogP contribution in [0, 0.1) is 0 Å². The van der Waals surface area contributed by atoms with Gasteiger partial charge in [-0.15, -0.1) is 0 Å². The molecule has 4 heteroatoms. The Balaban J connectivity index is 1.66. The molecule has 0 spiro atoms. The minimum atomic E-state index is -1.77. The maximum absolute atomic E-state index is 3.99. The summed E-state index contributed by atoms with van der Waals surface area (Å²) in [7, 11) is -1.77. The fraction of sp³-hybridized carbons (Fsp3) is 0.364. The van der Waals surface area contributed by atoms with Crippen LogP contribution in [0.25, 0.3) is 5.70 Å². The van der Waals surface area contributed by atoms with Crippen molar-refractivity contribution in [3.63, 3.8) is 0 Å². The first-order chi connectivity index (χ1) is 12.5. The van der Waals surface area contributed by atoms with Gasteiger partial charge in [-0.25, -0.2) is 0 Å². The molecule has 0 amide bonds. The third-order valence-corrected chi connectivity index (χ3v) is 10.6. The van der Waals surface area contributed by atoms with Gasteiger partial charge in [-0.2, -0.15) is 0 Å². The van der Waals surface area contributed by atoms with Crippen LogP contribution < -0.4 is 4.98 Å². The third kappa shape index (κ3) is 3.12. The fourth-order valence-corrected chi connectivity index (χ4v) is 6.83. The van der Waals surface area contributed by atoms with Crippen LogP contribution in [0.4, 0.5) is 0 Å². The van der Waals surface area contributed by atoms with E-state index in [1.807, 2.05) is 0 Å². The van der Waals surface area contributed by atoms with Crippen molar-refractivity contribution in [2.45, 2.75) is 36.2 Å². The number of allylic oxidation sites excluding steroid dienone is 1. The van der Waals surface area contributed by atoms with Crippen molar-refractivity contribution in [1.29, 1.82) is 0 Å². The topological polar surface area (TPSA) is 15.3 Å². The second-order valence-corrected chi connectivity index (χ2v) is 13.1. The van der Waals surface area contributed by atoms with E-state index in [-0.39, 0.29) is 3.71 Å². The molecule has 1 fully saturated rings. The summed E-state index contributed by atoms with van der Waals surface area (Å²) in [6, 6.07) is 19.9. The summed E-state index contributed by atoms with van der Waals surface area (Å²) < 4.78 is 0.107. The van der Waals surface area contributed by atoms with Crippen LogP contribution in [0.5, 0.6) is 0 Å². The second kappa shape index (κ2) is 7.05. The zero-order valence-corrected chi connectivity index (χ0v) is 17.3. The summed E-state index contributed by atoms with van der Waals surface area (Å²) in [6.45, 7) is 8.32. The maximum atomic E-state index is 3.99. The van der Waals surface area contributed by atoms with Gasteiger partial charge in [-0.3, -0.25) is 0 Å². The first-order valence-electron chi connectivity index (χ1n) is 9.88. The zero-order chi connectivity index (χ0) is 18.2. The molecule has 1 heterocycles. The summed E-state index contributed by atoms with van der Waals surface area (Å²) in [5.74, 6) is 0. The van der Waals surface area contributed by atoms with Crippen LogP contribution in [-0.4, -0.2) is 43.9 Å². The molecule has 0 bridgehead atoms. The summed E-state index contributed by atoms with van der Waals surface area (Å²) in [4.78, 5) is 6.59. The Bertz CT molecular complexity index is 812. The second-order valence-electron chi connectivity index (χ2n) is 8.44. The van der Waals surface area contributed by atoms with Gasteiger partial charge in [0.25, 0.3) is 0 Å². The molecule has 0 radical (unpaired) electrons. The predicted octanol–water partition coefficient (Wildman–Crippen LogP) is 4.03. The van der Waals surface area contributed by atoms with E-state index >= 15 is 0 Å². The van der Waals surface area contributed by atoms with Crippen LogP contribution in [0.15, 0.2) is 60.7 Å². The van der Waals surface area contributed by atoms with Crippen LogP contribution >= 0.6 is 0 Å². The molecule has 2 aromatic rings. The molecule has 2 nitrogen and oxygen atoms in total.